The van der Waals surface area contributed by atoms with Crippen LogP contribution in [0.25, 0.3) is 0 Å². The highest BCUT2D eigenvalue weighted by atomic mass is 32.2. The molecule has 2 fully saturated rings. The van der Waals surface area contributed by atoms with Gasteiger partial charge in [-0.3, -0.25) is 9.59 Å². The number of rotatable bonds is 4. The normalized spacial score (nSPS) is 17.6. The van der Waals surface area contributed by atoms with E-state index in [9.17, 15) is 9.59 Å². The van der Waals surface area contributed by atoms with Gasteiger partial charge in [0.25, 0.3) is 11.8 Å². The van der Waals surface area contributed by atoms with Crippen LogP contribution in [-0.2, 0) is 0 Å². The molecule has 0 atom stereocenters. The van der Waals surface area contributed by atoms with E-state index in [0.717, 1.165) is 29.7 Å². The maximum absolute atomic E-state index is 13.5. The highest BCUT2D eigenvalue weighted by Crippen LogP contribution is 2.45. The lowest BCUT2D eigenvalue weighted by Gasteiger charge is -2.44. The maximum atomic E-state index is 13.5. The lowest BCUT2D eigenvalue weighted by Crippen LogP contribution is -2.53. The minimum atomic E-state index is -0.268. The first-order valence-corrected chi connectivity index (χ1v) is 11.5. The first-order chi connectivity index (χ1) is 15.0. The Morgan fingerprint density at radius 2 is 1.58 bits per heavy atom. The quantitative estimate of drug-likeness (QED) is 0.723. The number of ether oxygens (including phenoxy) is 2. The number of nitrogens with zero attached hydrogens (tertiary/aromatic N) is 2. The molecule has 2 saturated heterocycles. The summed E-state index contributed by atoms with van der Waals surface area (Å²) in [5.41, 5.74) is 2.32. The average molecular weight is 441 g/mol. The molecule has 2 amide bonds. The van der Waals surface area contributed by atoms with Gasteiger partial charge in [0.1, 0.15) is 11.5 Å². The second-order valence-electron chi connectivity index (χ2n) is 7.96. The summed E-state index contributed by atoms with van der Waals surface area (Å²) in [6, 6.07) is 13.0. The third kappa shape index (κ3) is 4.11. The third-order valence-electron chi connectivity index (χ3n) is 6.23. The van der Waals surface area contributed by atoms with E-state index in [1.54, 1.807) is 32.4 Å². The van der Waals surface area contributed by atoms with Crippen LogP contribution in [-0.4, -0.2) is 66.1 Å². The predicted molar refractivity (Wildman–Crippen MR) is 122 cm³/mol. The van der Waals surface area contributed by atoms with Crippen molar-refractivity contribution in [3.63, 3.8) is 0 Å². The number of methoxy groups -OCH3 is 2. The molecule has 4 rings (SSSR count). The smallest absolute Gasteiger partial charge is 0.255 e. The molecule has 31 heavy (non-hydrogen) atoms. The third-order valence-corrected chi connectivity index (χ3v) is 7.78. The second-order valence-corrected chi connectivity index (χ2v) is 9.42. The van der Waals surface area contributed by atoms with E-state index in [0.29, 0.717) is 36.7 Å². The van der Waals surface area contributed by atoms with Gasteiger partial charge in [-0.25, -0.2) is 0 Å². The van der Waals surface area contributed by atoms with Crippen LogP contribution in [0, 0.1) is 6.92 Å². The highest BCUT2D eigenvalue weighted by molar-refractivity contribution is 8.00. The monoisotopic (exact) mass is 440 g/mol. The van der Waals surface area contributed by atoms with Crippen molar-refractivity contribution in [1.82, 2.24) is 9.80 Å². The summed E-state index contributed by atoms with van der Waals surface area (Å²) < 4.78 is 10.7. The molecule has 2 aliphatic heterocycles. The van der Waals surface area contributed by atoms with Gasteiger partial charge in [0.2, 0.25) is 0 Å². The summed E-state index contributed by atoms with van der Waals surface area (Å²) in [7, 11) is 3.16. The van der Waals surface area contributed by atoms with E-state index in [-0.39, 0.29) is 16.7 Å². The summed E-state index contributed by atoms with van der Waals surface area (Å²) in [6.07, 6.45) is 1.53. The Morgan fingerprint density at radius 3 is 2.19 bits per heavy atom. The fourth-order valence-electron chi connectivity index (χ4n) is 4.44. The Bertz CT molecular complexity index is 963. The lowest BCUT2D eigenvalue weighted by atomic mass is 9.99. The van der Waals surface area contributed by atoms with Crippen molar-refractivity contribution in [2.24, 2.45) is 0 Å². The molecule has 0 saturated carbocycles. The van der Waals surface area contributed by atoms with E-state index in [1.165, 1.54) is 0 Å². The minimum absolute atomic E-state index is 0.0131. The Labute approximate surface area is 187 Å². The number of hydrogen-bond acceptors (Lipinski definition) is 5. The Hall–Kier alpha value is -2.67. The fourth-order valence-corrected chi connectivity index (χ4v) is 5.89. The first kappa shape index (κ1) is 21.6. The molecular formula is C24H28N2O4S. The molecule has 0 bridgehead atoms. The van der Waals surface area contributed by atoms with Crippen LogP contribution in [0.1, 0.15) is 39.1 Å². The number of carbonyl (C=O) groups is 2. The van der Waals surface area contributed by atoms with Gasteiger partial charge in [-0.1, -0.05) is 18.2 Å². The number of benzene rings is 2. The van der Waals surface area contributed by atoms with Crippen LogP contribution in [0.15, 0.2) is 42.5 Å². The molecule has 2 aliphatic rings. The molecule has 0 N–H and O–H groups in total. The molecule has 6 nitrogen and oxygen atoms in total. The van der Waals surface area contributed by atoms with Crippen molar-refractivity contribution >= 4 is 23.6 Å². The van der Waals surface area contributed by atoms with E-state index >= 15 is 0 Å². The molecule has 2 heterocycles. The van der Waals surface area contributed by atoms with Crippen molar-refractivity contribution in [2.45, 2.75) is 24.6 Å². The number of aryl methyl sites for hydroxylation is 1. The van der Waals surface area contributed by atoms with Gasteiger partial charge in [-0.05, 0) is 43.5 Å². The molecule has 2 aromatic carbocycles. The molecule has 0 radical (unpaired) electrons. The van der Waals surface area contributed by atoms with Gasteiger partial charge in [0.05, 0.1) is 19.1 Å². The van der Waals surface area contributed by atoms with Crippen LogP contribution >= 0.6 is 11.8 Å². The first-order valence-electron chi connectivity index (χ1n) is 10.5. The summed E-state index contributed by atoms with van der Waals surface area (Å²) in [5.74, 6) is 2.16. The van der Waals surface area contributed by atoms with Crippen molar-refractivity contribution in [1.29, 1.82) is 0 Å². The zero-order valence-electron chi connectivity index (χ0n) is 18.2. The van der Waals surface area contributed by atoms with Crippen LogP contribution in [0.4, 0.5) is 0 Å². The molecule has 7 heteroatoms. The Kier molecular flexibility index (Phi) is 6.14. The largest absolute Gasteiger partial charge is 0.497 e. The summed E-state index contributed by atoms with van der Waals surface area (Å²) >= 11 is 1.83. The number of carbonyl (C=O) groups excluding carboxylic acids is 2. The van der Waals surface area contributed by atoms with Gasteiger partial charge in [0, 0.05) is 42.6 Å². The molecular weight excluding hydrogens is 412 g/mol. The van der Waals surface area contributed by atoms with Gasteiger partial charge < -0.3 is 19.3 Å². The van der Waals surface area contributed by atoms with E-state index in [4.69, 9.17) is 9.47 Å². The van der Waals surface area contributed by atoms with E-state index in [1.807, 2.05) is 52.8 Å². The Balaban J connectivity index is 1.51. The molecule has 1 spiro atoms. The lowest BCUT2D eigenvalue weighted by molar-refractivity contribution is 0.0497. The zero-order chi connectivity index (χ0) is 22.0. The van der Waals surface area contributed by atoms with Crippen LogP contribution in [0.5, 0.6) is 11.5 Å². The molecule has 2 aromatic rings. The SMILES string of the molecule is COc1cc(OC)cc(C(=O)N2CCSC23CCN(C(=O)c2ccccc2C)CC3)c1. The van der Waals surface area contributed by atoms with Crippen molar-refractivity contribution < 1.29 is 19.1 Å². The number of amides is 2. The van der Waals surface area contributed by atoms with Crippen molar-refractivity contribution in [2.75, 3.05) is 39.6 Å². The molecule has 0 unspecified atom stereocenters. The van der Waals surface area contributed by atoms with Gasteiger partial charge in [0.15, 0.2) is 0 Å². The second kappa shape index (κ2) is 8.83. The van der Waals surface area contributed by atoms with Crippen LogP contribution in [0.2, 0.25) is 0 Å². The topological polar surface area (TPSA) is 59.1 Å². The molecule has 0 aliphatic carbocycles. The van der Waals surface area contributed by atoms with Crippen LogP contribution < -0.4 is 9.47 Å². The van der Waals surface area contributed by atoms with Crippen molar-refractivity contribution in [3.05, 3.63) is 59.2 Å². The van der Waals surface area contributed by atoms with E-state index < -0.39 is 0 Å². The number of likely N-dealkylation sites (tertiary alicyclic amines) is 1. The predicted octanol–water partition coefficient (Wildman–Crippen LogP) is 3.83. The van der Waals surface area contributed by atoms with Gasteiger partial charge in [-0.2, -0.15) is 0 Å². The van der Waals surface area contributed by atoms with Gasteiger partial charge in [-0.15, -0.1) is 11.8 Å². The van der Waals surface area contributed by atoms with Crippen molar-refractivity contribution in [3.8, 4) is 11.5 Å². The minimum Gasteiger partial charge on any atom is -0.497 e. The standard InChI is InChI=1S/C24H28N2O4S/c1-17-6-4-5-7-21(17)23(28)25-10-8-24(9-11-25)26(12-13-31-24)22(27)18-14-19(29-2)16-20(15-18)30-3/h4-7,14-16H,8-13H2,1-3H3. The van der Waals surface area contributed by atoms with Crippen LogP contribution in [0.3, 0.4) is 0 Å². The number of piperidine rings is 1. The zero-order valence-corrected chi connectivity index (χ0v) is 19.0. The Morgan fingerprint density at radius 1 is 0.935 bits per heavy atom. The number of hydrogen-bond donors (Lipinski definition) is 0. The summed E-state index contributed by atoms with van der Waals surface area (Å²) in [5, 5.41) is 0. The molecule has 164 valence electrons. The maximum Gasteiger partial charge on any atom is 0.255 e. The van der Waals surface area contributed by atoms with E-state index in [2.05, 4.69) is 0 Å². The number of thioether (sulfide) groups is 1. The molecule has 0 aromatic heterocycles. The highest BCUT2D eigenvalue weighted by Gasteiger charge is 2.47. The summed E-state index contributed by atoms with van der Waals surface area (Å²) in [6.45, 7) is 3.96. The van der Waals surface area contributed by atoms with Gasteiger partial charge >= 0.3 is 0 Å². The fraction of sp³-hybridized carbons (Fsp3) is 0.417. The summed E-state index contributed by atoms with van der Waals surface area (Å²) in [4.78, 5) is 30.1. The average Bonchev–Trinajstić information content (AvgIpc) is 3.21.